The Balaban J connectivity index is 2.01. The summed E-state index contributed by atoms with van der Waals surface area (Å²) in [7, 11) is 0. The molecule has 2 heterocycles. The van der Waals surface area contributed by atoms with Gasteiger partial charge in [0.2, 0.25) is 5.95 Å². The van der Waals surface area contributed by atoms with Crippen molar-refractivity contribution >= 4 is 29.3 Å². The molecule has 3 rings (SSSR count). The molecule has 10 heteroatoms. The summed E-state index contributed by atoms with van der Waals surface area (Å²) in [6.45, 7) is 14.2. The Kier molecular flexibility index (Phi) is 5.79. The van der Waals surface area contributed by atoms with Gasteiger partial charge in [-0.05, 0) is 53.5 Å². The number of imidazole rings is 1. The predicted octanol–water partition coefficient (Wildman–Crippen LogP) is 3.61. The van der Waals surface area contributed by atoms with Crippen LogP contribution >= 0.6 is 0 Å². The van der Waals surface area contributed by atoms with Crippen LogP contribution in [0.2, 0.25) is 0 Å². The molecule has 1 saturated carbocycles. The van der Waals surface area contributed by atoms with Crippen molar-refractivity contribution in [3.05, 3.63) is 24.7 Å². The third-order valence-electron chi connectivity index (χ3n) is 4.67. The fourth-order valence-corrected chi connectivity index (χ4v) is 3.17. The van der Waals surface area contributed by atoms with E-state index in [-0.39, 0.29) is 24.5 Å². The van der Waals surface area contributed by atoms with Crippen molar-refractivity contribution in [1.82, 2.24) is 19.5 Å². The summed E-state index contributed by atoms with van der Waals surface area (Å²) in [4.78, 5) is 39.2. The Bertz CT molecular complexity index is 989. The molecule has 0 spiro atoms. The molecule has 2 aromatic heterocycles. The van der Waals surface area contributed by atoms with E-state index in [0.717, 1.165) is 5.57 Å². The lowest BCUT2D eigenvalue weighted by Gasteiger charge is -2.38. The van der Waals surface area contributed by atoms with E-state index in [1.165, 1.54) is 6.20 Å². The summed E-state index contributed by atoms with van der Waals surface area (Å²) < 4.78 is 12.6. The number of imide groups is 1. The second-order valence-electron chi connectivity index (χ2n) is 9.53. The Morgan fingerprint density at radius 2 is 1.74 bits per heavy atom. The highest BCUT2D eigenvalue weighted by Gasteiger charge is 2.37. The van der Waals surface area contributed by atoms with Gasteiger partial charge < -0.3 is 19.1 Å². The highest BCUT2D eigenvalue weighted by atomic mass is 16.6. The monoisotopic (exact) mass is 431 g/mol. The molecule has 2 atom stereocenters. The van der Waals surface area contributed by atoms with Crippen molar-refractivity contribution in [2.75, 3.05) is 11.5 Å². The minimum Gasteiger partial charge on any atom is -0.443 e. The average Bonchev–Trinajstić information content (AvgIpc) is 3.01. The number of hydrogen-bond acceptors (Lipinski definition) is 8. The van der Waals surface area contributed by atoms with Crippen molar-refractivity contribution in [2.24, 2.45) is 5.92 Å². The maximum Gasteiger partial charge on any atom is 0.427 e. The van der Waals surface area contributed by atoms with Gasteiger partial charge in [0.15, 0.2) is 5.65 Å². The number of anilines is 1. The Morgan fingerprint density at radius 3 is 2.23 bits per heavy atom. The van der Waals surface area contributed by atoms with Crippen LogP contribution in [-0.4, -0.2) is 54.6 Å². The maximum atomic E-state index is 12.8. The van der Waals surface area contributed by atoms with Gasteiger partial charge in [0.25, 0.3) is 0 Å². The zero-order valence-corrected chi connectivity index (χ0v) is 18.7. The molecule has 0 radical (unpaired) electrons. The molecule has 0 bridgehead atoms. The third kappa shape index (κ3) is 4.84. The van der Waals surface area contributed by atoms with Gasteiger partial charge in [0, 0.05) is 12.5 Å². The van der Waals surface area contributed by atoms with Crippen molar-refractivity contribution < 1.29 is 24.2 Å². The molecule has 2 aromatic rings. The number of hydrogen-bond donors (Lipinski definition) is 1. The molecule has 2 amide bonds. The normalized spacial score (nSPS) is 19.1. The van der Waals surface area contributed by atoms with Crippen LogP contribution in [0.15, 0.2) is 24.7 Å². The SMILES string of the molecule is C=C1[C@H](CO)C[C@@H]1n1cnc2cnc(N(C(=O)OC(C)(C)C)C(=O)OC(C)(C)C)nc21. The molecular formula is C21H29N5O5. The van der Waals surface area contributed by atoms with Gasteiger partial charge in [-0.1, -0.05) is 6.58 Å². The quantitative estimate of drug-likeness (QED) is 0.732. The van der Waals surface area contributed by atoms with Gasteiger partial charge in [-0.25, -0.2) is 19.6 Å². The van der Waals surface area contributed by atoms with Gasteiger partial charge in [0.05, 0.1) is 18.6 Å². The van der Waals surface area contributed by atoms with E-state index in [1.807, 2.05) is 0 Å². The van der Waals surface area contributed by atoms with Crippen LogP contribution in [0.5, 0.6) is 0 Å². The van der Waals surface area contributed by atoms with E-state index in [4.69, 9.17) is 9.47 Å². The topological polar surface area (TPSA) is 120 Å². The Morgan fingerprint density at radius 1 is 1.16 bits per heavy atom. The average molecular weight is 431 g/mol. The van der Waals surface area contributed by atoms with E-state index >= 15 is 0 Å². The number of amides is 2. The standard InChI is InChI=1S/C21H29N5O5/c1-12-13(10-27)8-15(12)25-11-23-14-9-22-17(24-16(14)25)26(18(28)30-20(2,3)4)19(29)31-21(5,6)7/h9,11,13,15,27H,1,8,10H2,2-7H3/t13-,15-/m0/s1. The highest BCUT2D eigenvalue weighted by molar-refractivity contribution is 6.08. The summed E-state index contributed by atoms with van der Waals surface area (Å²) in [6.07, 6.45) is 1.85. The molecule has 168 valence electrons. The first-order valence-corrected chi connectivity index (χ1v) is 10.1. The summed E-state index contributed by atoms with van der Waals surface area (Å²) in [5, 5.41) is 9.39. The Labute approximate surface area is 180 Å². The first-order chi connectivity index (χ1) is 14.3. The largest absolute Gasteiger partial charge is 0.443 e. The van der Waals surface area contributed by atoms with Crippen molar-refractivity contribution in [3.8, 4) is 0 Å². The second-order valence-corrected chi connectivity index (χ2v) is 9.53. The summed E-state index contributed by atoms with van der Waals surface area (Å²) in [5.74, 6) is -0.148. The van der Waals surface area contributed by atoms with Gasteiger partial charge in [0.1, 0.15) is 16.7 Å². The summed E-state index contributed by atoms with van der Waals surface area (Å²) in [6, 6.07) is -0.0820. The van der Waals surface area contributed by atoms with Crippen LogP contribution in [0.4, 0.5) is 15.5 Å². The smallest absolute Gasteiger partial charge is 0.427 e. The van der Waals surface area contributed by atoms with E-state index < -0.39 is 23.4 Å². The van der Waals surface area contributed by atoms with Gasteiger partial charge in [-0.3, -0.25) is 0 Å². The molecule has 31 heavy (non-hydrogen) atoms. The Hall–Kier alpha value is -3.01. The zero-order valence-electron chi connectivity index (χ0n) is 18.7. The molecule has 1 aliphatic rings. The minimum absolute atomic E-state index is 0.0313. The van der Waals surface area contributed by atoms with E-state index in [1.54, 1.807) is 52.4 Å². The van der Waals surface area contributed by atoms with Crippen LogP contribution in [0.1, 0.15) is 54.0 Å². The van der Waals surface area contributed by atoms with Crippen molar-refractivity contribution in [1.29, 1.82) is 0 Å². The number of carbonyl (C=O) groups excluding carboxylic acids is 2. The molecule has 10 nitrogen and oxygen atoms in total. The number of rotatable bonds is 3. The first-order valence-electron chi connectivity index (χ1n) is 10.1. The van der Waals surface area contributed by atoms with Crippen molar-refractivity contribution in [2.45, 2.75) is 65.2 Å². The van der Waals surface area contributed by atoms with Crippen LogP contribution < -0.4 is 4.90 Å². The number of aliphatic hydroxyl groups is 1. The number of ether oxygens (including phenoxy) is 2. The molecule has 0 aliphatic heterocycles. The second kappa shape index (κ2) is 7.92. The number of nitrogens with zero attached hydrogens (tertiary/aromatic N) is 5. The van der Waals surface area contributed by atoms with Gasteiger partial charge in [-0.15, -0.1) is 4.90 Å². The maximum absolute atomic E-state index is 12.8. The molecule has 1 fully saturated rings. The molecular weight excluding hydrogens is 402 g/mol. The molecule has 0 unspecified atom stereocenters. The molecule has 1 aliphatic carbocycles. The van der Waals surface area contributed by atoms with Crippen LogP contribution in [0, 0.1) is 5.92 Å². The number of fused-ring (bicyclic) bond motifs is 1. The fourth-order valence-electron chi connectivity index (χ4n) is 3.17. The van der Waals surface area contributed by atoms with Crippen LogP contribution in [0.3, 0.4) is 0 Å². The molecule has 0 saturated heterocycles. The number of carbonyl (C=O) groups is 2. The minimum atomic E-state index is -0.944. The summed E-state index contributed by atoms with van der Waals surface area (Å²) in [5.41, 5.74) is 0.123. The van der Waals surface area contributed by atoms with Crippen LogP contribution in [0.25, 0.3) is 11.2 Å². The van der Waals surface area contributed by atoms with Gasteiger partial charge in [-0.2, -0.15) is 4.98 Å². The van der Waals surface area contributed by atoms with Gasteiger partial charge >= 0.3 is 12.2 Å². The number of aliphatic hydroxyl groups excluding tert-OH is 1. The lowest BCUT2D eigenvalue weighted by Crippen LogP contribution is -2.44. The fraction of sp³-hybridized carbons (Fsp3) is 0.571. The van der Waals surface area contributed by atoms with E-state index in [2.05, 4.69) is 21.5 Å². The van der Waals surface area contributed by atoms with E-state index in [0.29, 0.717) is 22.5 Å². The lowest BCUT2D eigenvalue weighted by molar-refractivity contribution is 0.0427. The predicted molar refractivity (Wildman–Crippen MR) is 114 cm³/mol. The lowest BCUT2D eigenvalue weighted by atomic mass is 9.76. The van der Waals surface area contributed by atoms with E-state index in [9.17, 15) is 14.7 Å². The highest BCUT2D eigenvalue weighted by Crippen LogP contribution is 2.43. The van der Waals surface area contributed by atoms with Crippen LogP contribution in [-0.2, 0) is 9.47 Å². The first kappa shape index (κ1) is 22.7. The molecule has 1 N–H and O–H groups in total. The van der Waals surface area contributed by atoms with Crippen molar-refractivity contribution in [3.63, 3.8) is 0 Å². The molecule has 0 aromatic carbocycles. The summed E-state index contributed by atoms with van der Waals surface area (Å²) >= 11 is 0. The third-order valence-corrected chi connectivity index (χ3v) is 4.67. The zero-order chi connectivity index (χ0) is 23.1. The number of aromatic nitrogens is 4.